The van der Waals surface area contributed by atoms with Crippen molar-refractivity contribution in [2.45, 2.75) is 4.90 Å². The molecule has 0 radical (unpaired) electrons. The molecular formula is C13H13N3O3S. The van der Waals surface area contributed by atoms with Gasteiger partial charge in [-0.3, -0.25) is 9.19 Å². The van der Waals surface area contributed by atoms with Crippen LogP contribution < -0.4 is 4.74 Å². The maximum atomic E-state index is 11.8. The van der Waals surface area contributed by atoms with Crippen molar-refractivity contribution in [2.75, 3.05) is 13.4 Å². The van der Waals surface area contributed by atoms with Gasteiger partial charge in [-0.15, -0.1) is 0 Å². The molecule has 0 aliphatic carbocycles. The summed E-state index contributed by atoms with van der Waals surface area (Å²) in [6.07, 6.45) is 4.29. The zero-order valence-corrected chi connectivity index (χ0v) is 11.8. The van der Waals surface area contributed by atoms with Crippen molar-refractivity contribution in [1.82, 2.24) is 9.97 Å². The molecule has 0 saturated heterocycles. The SMILES string of the molecule is COc1cc(-c2ccccn2)nc(/C=N/O)c1[S@@](C)=O. The second-order valence-corrected chi connectivity index (χ2v) is 5.15. The summed E-state index contributed by atoms with van der Waals surface area (Å²) in [5.74, 6) is 0.413. The quantitative estimate of drug-likeness (QED) is 0.526. The van der Waals surface area contributed by atoms with Gasteiger partial charge in [-0.1, -0.05) is 11.2 Å². The average Bonchev–Trinajstić information content (AvgIpc) is 2.47. The predicted molar refractivity (Wildman–Crippen MR) is 75.7 cm³/mol. The number of hydrogen-bond acceptors (Lipinski definition) is 6. The lowest BCUT2D eigenvalue weighted by molar-refractivity contribution is 0.321. The second kappa shape index (κ2) is 6.25. The summed E-state index contributed by atoms with van der Waals surface area (Å²) in [5, 5.41) is 11.7. The molecule has 0 saturated carbocycles. The highest BCUT2D eigenvalue weighted by molar-refractivity contribution is 7.84. The summed E-state index contributed by atoms with van der Waals surface area (Å²) in [6, 6.07) is 7.09. The Bertz CT molecular complexity index is 659. The van der Waals surface area contributed by atoms with Gasteiger partial charge in [-0.25, -0.2) is 4.98 Å². The van der Waals surface area contributed by atoms with Gasteiger partial charge in [0.05, 0.1) is 35.5 Å². The van der Waals surface area contributed by atoms with Crippen molar-refractivity contribution in [3.63, 3.8) is 0 Å². The monoisotopic (exact) mass is 291 g/mol. The van der Waals surface area contributed by atoms with Crippen LogP contribution in [0.25, 0.3) is 11.4 Å². The highest BCUT2D eigenvalue weighted by Gasteiger charge is 2.16. The molecule has 2 aromatic heterocycles. The van der Waals surface area contributed by atoms with E-state index in [-0.39, 0.29) is 5.69 Å². The molecule has 0 amide bonds. The van der Waals surface area contributed by atoms with Gasteiger partial charge >= 0.3 is 0 Å². The van der Waals surface area contributed by atoms with E-state index in [1.165, 1.54) is 13.4 Å². The Labute approximate surface area is 118 Å². The molecule has 0 spiro atoms. The lowest BCUT2D eigenvalue weighted by atomic mass is 10.2. The van der Waals surface area contributed by atoms with Crippen LogP contribution in [0.15, 0.2) is 40.5 Å². The molecule has 6 nitrogen and oxygen atoms in total. The minimum absolute atomic E-state index is 0.285. The van der Waals surface area contributed by atoms with Crippen LogP contribution in [0.4, 0.5) is 0 Å². The van der Waals surface area contributed by atoms with Gasteiger partial charge in [0.25, 0.3) is 0 Å². The van der Waals surface area contributed by atoms with Crippen LogP contribution >= 0.6 is 0 Å². The number of methoxy groups -OCH3 is 1. The lowest BCUT2D eigenvalue weighted by Crippen LogP contribution is -2.04. The van der Waals surface area contributed by atoms with Gasteiger partial charge in [0.2, 0.25) is 0 Å². The van der Waals surface area contributed by atoms with Crippen molar-refractivity contribution in [3.05, 3.63) is 36.2 Å². The highest BCUT2D eigenvalue weighted by atomic mass is 32.2. The first-order valence-corrected chi connectivity index (χ1v) is 7.24. The first-order valence-electron chi connectivity index (χ1n) is 5.68. The maximum Gasteiger partial charge on any atom is 0.139 e. The number of aromatic nitrogens is 2. The smallest absolute Gasteiger partial charge is 0.139 e. The number of hydrogen-bond donors (Lipinski definition) is 1. The third-order valence-corrected chi connectivity index (χ3v) is 3.57. The predicted octanol–water partition coefficient (Wildman–Crippen LogP) is 1.70. The summed E-state index contributed by atoms with van der Waals surface area (Å²) in [7, 11) is 0.152. The molecule has 104 valence electrons. The number of oxime groups is 1. The summed E-state index contributed by atoms with van der Waals surface area (Å²) < 4.78 is 17.1. The zero-order chi connectivity index (χ0) is 14.5. The fourth-order valence-electron chi connectivity index (χ4n) is 1.76. The molecule has 2 aromatic rings. The Kier molecular flexibility index (Phi) is 4.41. The second-order valence-electron chi connectivity index (χ2n) is 3.84. The minimum atomic E-state index is -1.33. The van der Waals surface area contributed by atoms with Crippen LogP contribution in [0, 0.1) is 0 Å². The lowest BCUT2D eigenvalue weighted by Gasteiger charge is -2.11. The van der Waals surface area contributed by atoms with Gasteiger partial charge in [0.15, 0.2) is 0 Å². The molecule has 0 bridgehead atoms. The van der Waals surface area contributed by atoms with Crippen molar-refractivity contribution in [1.29, 1.82) is 0 Å². The molecular weight excluding hydrogens is 278 g/mol. The van der Waals surface area contributed by atoms with Crippen LogP contribution in [-0.2, 0) is 10.8 Å². The first-order chi connectivity index (χ1) is 9.67. The third-order valence-electron chi connectivity index (χ3n) is 2.58. The normalized spacial score (nSPS) is 12.5. The molecule has 0 aliphatic rings. The Morgan fingerprint density at radius 2 is 2.20 bits per heavy atom. The molecule has 0 fully saturated rings. The number of rotatable bonds is 4. The molecule has 20 heavy (non-hydrogen) atoms. The Hall–Kier alpha value is -2.28. The van der Waals surface area contributed by atoms with Gasteiger partial charge in [0, 0.05) is 18.5 Å². The van der Waals surface area contributed by atoms with Gasteiger partial charge < -0.3 is 9.94 Å². The van der Waals surface area contributed by atoms with Crippen LogP contribution in [0.5, 0.6) is 5.75 Å². The van der Waals surface area contributed by atoms with Gasteiger partial charge in [0.1, 0.15) is 16.3 Å². The molecule has 1 atom stereocenters. The first kappa shape index (κ1) is 14.1. The summed E-state index contributed by atoms with van der Waals surface area (Å²) in [4.78, 5) is 8.90. The van der Waals surface area contributed by atoms with E-state index in [9.17, 15) is 4.21 Å². The standard InChI is InChI=1S/C13H13N3O3S/c1-19-12-7-10(9-5-3-4-6-14-9)16-11(8-15-17)13(12)20(2)18/h3-8,17H,1-2H3/b15-8+/t20-/m1/s1. The number of pyridine rings is 2. The topological polar surface area (TPSA) is 84.7 Å². The van der Waals surface area contributed by atoms with E-state index in [0.29, 0.717) is 22.0 Å². The van der Waals surface area contributed by atoms with Crippen molar-refractivity contribution >= 4 is 17.0 Å². The zero-order valence-electron chi connectivity index (χ0n) is 11.0. The van der Waals surface area contributed by atoms with Crippen molar-refractivity contribution in [2.24, 2.45) is 5.16 Å². The van der Waals surface area contributed by atoms with E-state index in [0.717, 1.165) is 6.21 Å². The fourth-order valence-corrected chi connectivity index (χ4v) is 2.58. The molecule has 2 rings (SSSR count). The van der Waals surface area contributed by atoms with Gasteiger partial charge in [-0.2, -0.15) is 0 Å². The van der Waals surface area contributed by atoms with Crippen molar-refractivity contribution in [3.8, 4) is 17.1 Å². The summed E-state index contributed by atoms with van der Waals surface area (Å²) in [5.41, 5.74) is 1.48. The molecule has 1 N–H and O–H groups in total. The van der Waals surface area contributed by atoms with Crippen LogP contribution in [0.1, 0.15) is 5.69 Å². The maximum absolute atomic E-state index is 11.8. The Morgan fingerprint density at radius 1 is 1.40 bits per heavy atom. The largest absolute Gasteiger partial charge is 0.495 e. The van der Waals surface area contributed by atoms with Gasteiger partial charge in [-0.05, 0) is 12.1 Å². The highest BCUT2D eigenvalue weighted by Crippen LogP contribution is 2.28. The molecule has 0 aliphatic heterocycles. The number of ether oxygens (including phenoxy) is 1. The van der Waals surface area contributed by atoms with Crippen LogP contribution in [0.3, 0.4) is 0 Å². The van der Waals surface area contributed by atoms with Crippen LogP contribution in [0.2, 0.25) is 0 Å². The minimum Gasteiger partial charge on any atom is -0.495 e. The molecule has 7 heteroatoms. The Morgan fingerprint density at radius 3 is 2.75 bits per heavy atom. The van der Waals surface area contributed by atoms with Crippen molar-refractivity contribution < 1.29 is 14.2 Å². The van der Waals surface area contributed by atoms with E-state index in [4.69, 9.17) is 9.94 Å². The molecule has 2 heterocycles. The fraction of sp³-hybridized carbons (Fsp3) is 0.154. The van der Waals surface area contributed by atoms with Crippen LogP contribution in [-0.4, -0.2) is 39.0 Å². The summed E-state index contributed by atoms with van der Waals surface area (Å²) in [6.45, 7) is 0. The molecule has 0 aromatic carbocycles. The van der Waals surface area contributed by atoms with E-state index in [1.807, 2.05) is 6.07 Å². The molecule has 0 unspecified atom stereocenters. The van der Waals surface area contributed by atoms with E-state index in [2.05, 4.69) is 15.1 Å². The van der Waals surface area contributed by atoms with E-state index >= 15 is 0 Å². The van der Waals surface area contributed by atoms with E-state index in [1.54, 1.807) is 24.4 Å². The number of nitrogens with zero attached hydrogens (tertiary/aromatic N) is 3. The average molecular weight is 291 g/mol. The third kappa shape index (κ3) is 2.83. The Balaban J connectivity index is 2.68. The summed E-state index contributed by atoms with van der Waals surface area (Å²) >= 11 is 0. The van der Waals surface area contributed by atoms with E-state index < -0.39 is 10.8 Å².